The van der Waals surface area contributed by atoms with Crippen LogP contribution in [0.25, 0.3) is 109 Å². The highest BCUT2D eigenvalue weighted by Gasteiger charge is 2.35. The molecule has 246 valence electrons. The summed E-state index contributed by atoms with van der Waals surface area (Å²) in [6.07, 6.45) is 0. The lowest BCUT2D eigenvalue weighted by molar-refractivity contribution is 0.660. The van der Waals surface area contributed by atoms with Crippen LogP contribution in [-0.4, -0.2) is 0 Å². The van der Waals surface area contributed by atoms with Crippen LogP contribution in [0.2, 0.25) is 0 Å². The molecule has 0 nitrogen and oxygen atoms in total. The van der Waals surface area contributed by atoms with Crippen LogP contribution in [0, 0.1) is 0 Å². The number of rotatable bonds is 3. The molecule has 0 radical (unpaired) electrons. The molecule has 0 amide bonds. The summed E-state index contributed by atoms with van der Waals surface area (Å²) in [5.74, 6) is 0. The van der Waals surface area contributed by atoms with Crippen molar-refractivity contribution in [1.82, 2.24) is 0 Å². The Labute approximate surface area is 326 Å². The minimum atomic E-state index is -3.52. The fourth-order valence-electron chi connectivity index (χ4n) is 8.98. The first-order chi connectivity index (χ1) is 31.4. The number of benzene rings is 11. The maximum atomic E-state index is 10.0. The van der Waals surface area contributed by atoms with E-state index in [2.05, 4.69) is 91.0 Å². The highest BCUT2D eigenvalue weighted by atomic mass is 14.4. The van der Waals surface area contributed by atoms with E-state index in [4.69, 9.17) is 13.7 Å². The quantitative estimate of drug-likeness (QED) is 0.163. The molecule has 1 aliphatic carbocycles. The van der Waals surface area contributed by atoms with Crippen molar-refractivity contribution in [3.05, 3.63) is 181 Å². The lowest BCUT2D eigenvalue weighted by Crippen LogP contribution is -2.14. The number of hydrogen-bond donors (Lipinski definition) is 0. The average molecular weight is 684 g/mol. The third kappa shape index (κ3) is 3.96. The molecular formula is C53H34. The second-order valence-electron chi connectivity index (χ2n) is 14.2. The zero-order valence-corrected chi connectivity index (χ0v) is 28.1. The summed E-state index contributed by atoms with van der Waals surface area (Å²) in [6, 6.07) is 37.9. The van der Waals surface area contributed by atoms with Crippen LogP contribution >= 0.6 is 0 Å². The van der Waals surface area contributed by atoms with E-state index >= 15 is 0 Å². The molecule has 0 aromatic heterocycles. The number of fused-ring (bicyclic) bond motifs is 3. The van der Waals surface area contributed by atoms with Gasteiger partial charge in [0.25, 0.3) is 0 Å². The monoisotopic (exact) mass is 683 g/mol. The molecule has 0 spiro atoms. The maximum absolute atomic E-state index is 10.0. The van der Waals surface area contributed by atoms with Crippen molar-refractivity contribution in [2.45, 2.75) is 19.1 Å². The van der Waals surface area contributed by atoms with E-state index < -0.39 is 83.7 Å². The zero-order valence-electron chi connectivity index (χ0n) is 41.1. The molecular weight excluding hydrogens is 637 g/mol. The van der Waals surface area contributed by atoms with Crippen molar-refractivity contribution in [2.75, 3.05) is 0 Å². The summed E-state index contributed by atoms with van der Waals surface area (Å²) in [4.78, 5) is 0. The van der Waals surface area contributed by atoms with Gasteiger partial charge in [0.15, 0.2) is 0 Å². The Morgan fingerprint density at radius 1 is 0.396 bits per heavy atom. The van der Waals surface area contributed by atoms with Gasteiger partial charge in [0.05, 0.1) is 9.60 Å². The van der Waals surface area contributed by atoms with Crippen molar-refractivity contribution >= 4 is 64.6 Å². The van der Waals surface area contributed by atoms with E-state index in [-0.39, 0.29) is 11.1 Å². The molecule has 12 rings (SSSR count). The van der Waals surface area contributed by atoms with E-state index in [1.807, 2.05) is 24.3 Å². The van der Waals surface area contributed by atoms with Gasteiger partial charge in [0.1, 0.15) is 0 Å². The molecule has 0 saturated heterocycles. The van der Waals surface area contributed by atoms with Gasteiger partial charge in [-0.15, -0.1) is 0 Å². The molecule has 11 aromatic rings. The van der Waals surface area contributed by atoms with Crippen molar-refractivity contribution in [2.24, 2.45) is 0 Å². The molecule has 0 unspecified atom stereocenters. The second kappa shape index (κ2) is 10.3. The third-order valence-corrected chi connectivity index (χ3v) is 11.4. The van der Waals surface area contributed by atoms with Gasteiger partial charge < -0.3 is 0 Å². The number of hydrogen-bond acceptors (Lipinski definition) is 0. The summed E-state index contributed by atoms with van der Waals surface area (Å²) < 4.78 is 118. The molecule has 0 bridgehead atoms. The molecule has 0 heteroatoms. The highest BCUT2D eigenvalue weighted by molar-refractivity contribution is 6.27. The standard InChI is InChI=1S/C53H34/c1-53(2)47-12-4-3-11-43(47)44-24-21-37(30-48(44)53)38-27-39(41-22-17-35-15-13-31-7-5-9-33-19-25-45(41)51(35)49(31)33)29-40(28-38)42-23-18-36-16-14-32-8-6-10-34-20-26-46(42)52(36)50(32)34/h3-30H,1-2H3/i1D3,2D3,3D,4D,11D,12D,21D,24D,30D. The molecule has 0 aliphatic heterocycles. The third-order valence-electron chi connectivity index (χ3n) is 11.4. The molecule has 0 fully saturated rings. The van der Waals surface area contributed by atoms with E-state index in [1.54, 1.807) is 12.1 Å². The van der Waals surface area contributed by atoms with Crippen molar-refractivity contribution in [1.29, 1.82) is 0 Å². The molecule has 53 heavy (non-hydrogen) atoms. The zero-order chi connectivity index (χ0) is 46.1. The normalized spacial score (nSPS) is 17.6. The van der Waals surface area contributed by atoms with Crippen molar-refractivity contribution < 1.29 is 17.8 Å². The Kier molecular flexibility index (Phi) is 3.77. The predicted molar refractivity (Wildman–Crippen MR) is 228 cm³/mol. The first-order valence-corrected chi connectivity index (χ1v) is 17.7. The van der Waals surface area contributed by atoms with Gasteiger partial charge in [0.2, 0.25) is 0 Å². The van der Waals surface area contributed by atoms with Crippen LogP contribution < -0.4 is 0 Å². The van der Waals surface area contributed by atoms with Gasteiger partial charge >= 0.3 is 0 Å². The lowest BCUT2D eigenvalue weighted by atomic mass is 9.81. The van der Waals surface area contributed by atoms with Crippen molar-refractivity contribution in [3.63, 3.8) is 0 Å². The summed E-state index contributed by atoms with van der Waals surface area (Å²) in [5.41, 5.74) is -2.35. The Hall–Kier alpha value is -6.50. The Morgan fingerprint density at radius 2 is 0.868 bits per heavy atom. The smallest absolute Gasteiger partial charge is 0.0619 e. The largest absolute Gasteiger partial charge is 0.0633 e. The molecule has 0 heterocycles. The van der Waals surface area contributed by atoms with E-state index in [0.717, 1.165) is 75.8 Å². The average Bonchev–Trinajstić information content (AvgIpc) is 3.65. The van der Waals surface area contributed by atoms with Gasteiger partial charge in [-0.1, -0.05) is 159 Å². The van der Waals surface area contributed by atoms with Crippen molar-refractivity contribution in [3.8, 4) is 44.5 Å². The minimum absolute atomic E-state index is 0.196. The van der Waals surface area contributed by atoms with Gasteiger partial charge in [-0.05, 0) is 145 Å². The van der Waals surface area contributed by atoms with E-state index in [0.29, 0.717) is 11.1 Å². The van der Waals surface area contributed by atoms with Crippen LogP contribution in [0.15, 0.2) is 170 Å². The van der Waals surface area contributed by atoms with Gasteiger partial charge in [-0.3, -0.25) is 0 Å². The topological polar surface area (TPSA) is 0 Å². The highest BCUT2D eigenvalue weighted by Crippen LogP contribution is 2.50. The summed E-state index contributed by atoms with van der Waals surface area (Å²) in [5, 5.41) is 12.6. The molecule has 1 aliphatic rings. The first kappa shape index (κ1) is 19.4. The van der Waals surface area contributed by atoms with Crippen LogP contribution in [-0.2, 0) is 5.41 Å². The van der Waals surface area contributed by atoms with Crippen LogP contribution in [0.3, 0.4) is 0 Å². The Balaban J connectivity index is 1.22. The van der Waals surface area contributed by atoms with Gasteiger partial charge in [-0.25, -0.2) is 0 Å². The maximum Gasteiger partial charge on any atom is 0.0633 e. The van der Waals surface area contributed by atoms with Crippen LogP contribution in [0.5, 0.6) is 0 Å². The van der Waals surface area contributed by atoms with Crippen LogP contribution in [0.1, 0.15) is 42.7 Å². The summed E-state index contributed by atoms with van der Waals surface area (Å²) in [7, 11) is 0. The summed E-state index contributed by atoms with van der Waals surface area (Å²) in [6.45, 7) is -7.04. The fourth-order valence-corrected chi connectivity index (χ4v) is 8.98. The lowest BCUT2D eigenvalue weighted by Gasteiger charge is -2.22. The first-order valence-electron chi connectivity index (χ1n) is 24.2. The van der Waals surface area contributed by atoms with Gasteiger partial charge in [-0.2, -0.15) is 0 Å². The molecule has 11 aromatic carbocycles. The van der Waals surface area contributed by atoms with E-state index in [9.17, 15) is 4.11 Å². The van der Waals surface area contributed by atoms with Gasteiger partial charge in [0, 0.05) is 13.6 Å². The SMILES string of the molecule is [2H]c1c([2H])c([2H])c2c(c1[2H])-c1c([2H])c([2H])c(-c3cc(-c4ccc5ccc6cccc7ccc4c5c67)cc(-c4ccc5ccc6cccc7ccc4c5c67)c3)c([2H])c1C2(C([2H])([2H])[2H])C([2H])([2H])[2H]. The van der Waals surface area contributed by atoms with Crippen LogP contribution in [0.4, 0.5) is 0 Å². The predicted octanol–water partition coefficient (Wildman–Crippen LogP) is 14.8. The Bertz CT molecular complexity index is 3720. The second-order valence-corrected chi connectivity index (χ2v) is 14.2. The molecule has 0 N–H and O–H groups in total. The Morgan fingerprint density at radius 3 is 1.43 bits per heavy atom. The molecule has 0 atom stereocenters. The summed E-state index contributed by atoms with van der Waals surface area (Å²) >= 11 is 0. The molecule has 0 saturated carbocycles. The fraction of sp³-hybridized carbons (Fsp3) is 0.0566. The minimum Gasteiger partial charge on any atom is -0.0619 e. The van der Waals surface area contributed by atoms with E-state index in [1.165, 1.54) is 0 Å².